The lowest BCUT2D eigenvalue weighted by Gasteiger charge is -2.36. The summed E-state index contributed by atoms with van der Waals surface area (Å²) >= 11 is 0. The highest BCUT2D eigenvalue weighted by atomic mass is 16.5. The Morgan fingerprint density at radius 3 is 2.54 bits per heavy atom. The van der Waals surface area contributed by atoms with Crippen LogP contribution in [-0.4, -0.2) is 12.7 Å². The Morgan fingerprint density at radius 2 is 2.00 bits per heavy atom. The summed E-state index contributed by atoms with van der Waals surface area (Å²) in [5.74, 6) is 0.808. The molecule has 1 aliphatic rings. The molecule has 2 atom stereocenters. The maximum atomic E-state index is 5.66. The second-order valence-corrected chi connectivity index (χ2v) is 5.02. The fourth-order valence-corrected chi connectivity index (χ4v) is 1.96. The number of hydrogen-bond donors (Lipinski definition) is 0. The van der Waals surface area contributed by atoms with Crippen LogP contribution < -0.4 is 0 Å². The highest BCUT2D eigenvalue weighted by molar-refractivity contribution is 4.92. The summed E-state index contributed by atoms with van der Waals surface area (Å²) in [6.07, 6.45) is 7.04. The van der Waals surface area contributed by atoms with Gasteiger partial charge in [0.25, 0.3) is 0 Å². The molecule has 0 N–H and O–H groups in total. The molecule has 1 nitrogen and oxygen atoms in total. The molecule has 0 spiro atoms. The Morgan fingerprint density at radius 1 is 1.31 bits per heavy atom. The van der Waals surface area contributed by atoms with Crippen LogP contribution in [0.4, 0.5) is 0 Å². The SMILES string of the molecule is C/C=C/[C@@H]1C[C@@H](C(C)(C)C)CCO1. The molecular weight excluding hydrogens is 160 g/mol. The highest BCUT2D eigenvalue weighted by Gasteiger charge is 2.29. The van der Waals surface area contributed by atoms with Crippen molar-refractivity contribution in [2.45, 2.75) is 46.6 Å². The summed E-state index contributed by atoms with van der Waals surface area (Å²) in [6.45, 7) is 9.97. The van der Waals surface area contributed by atoms with E-state index in [2.05, 4.69) is 39.8 Å². The molecule has 0 saturated carbocycles. The van der Waals surface area contributed by atoms with Crippen molar-refractivity contribution < 1.29 is 4.74 Å². The topological polar surface area (TPSA) is 9.23 Å². The first-order valence-corrected chi connectivity index (χ1v) is 5.28. The minimum absolute atomic E-state index is 0.364. The van der Waals surface area contributed by atoms with Crippen molar-refractivity contribution in [2.75, 3.05) is 6.61 Å². The van der Waals surface area contributed by atoms with Gasteiger partial charge in [-0.05, 0) is 31.1 Å². The van der Waals surface area contributed by atoms with E-state index < -0.39 is 0 Å². The summed E-state index contributed by atoms with van der Waals surface area (Å²) < 4.78 is 5.66. The normalized spacial score (nSPS) is 31.1. The van der Waals surface area contributed by atoms with Crippen LogP contribution in [0.25, 0.3) is 0 Å². The van der Waals surface area contributed by atoms with Crippen molar-refractivity contribution in [1.29, 1.82) is 0 Å². The molecule has 0 amide bonds. The van der Waals surface area contributed by atoms with E-state index in [1.807, 2.05) is 0 Å². The molecule has 0 unspecified atom stereocenters. The van der Waals surface area contributed by atoms with E-state index in [0.29, 0.717) is 11.5 Å². The molecule has 0 aromatic carbocycles. The molecule has 1 fully saturated rings. The smallest absolute Gasteiger partial charge is 0.0758 e. The third-order valence-corrected chi connectivity index (χ3v) is 2.95. The van der Waals surface area contributed by atoms with Gasteiger partial charge in [0.2, 0.25) is 0 Å². The molecule has 0 aromatic heterocycles. The van der Waals surface area contributed by atoms with E-state index >= 15 is 0 Å². The average molecular weight is 182 g/mol. The molecule has 0 bridgehead atoms. The van der Waals surface area contributed by atoms with Crippen LogP contribution in [-0.2, 0) is 4.74 Å². The van der Waals surface area contributed by atoms with Crippen molar-refractivity contribution >= 4 is 0 Å². The Bertz CT molecular complexity index is 176. The van der Waals surface area contributed by atoms with Crippen LogP contribution in [0.5, 0.6) is 0 Å². The molecule has 13 heavy (non-hydrogen) atoms. The molecule has 76 valence electrons. The fraction of sp³-hybridized carbons (Fsp3) is 0.833. The van der Waals surface area contributed by atoms with Crippen LogP contribution in [0.15, 0.2) is 12.2 Å². The van der Waals surface area contributed by atoms with Gasteiger partial charge >= 0.3 is 0 Å². The van der Waals surface area contributed by atoms with Gasteiger partial charge in [-0.15, -0.1) is 0 Å². The Balaban J connectivity index is 2.51. The Kier molecular flexibility index (Phi) is 3.55. The summed E-state index contributed by atoms with van der Waals surface area (Å²) in [7, 11) is 0. The predicted molar refractivity (Wildman–Crippen MR) is 56.7 cm³/mol. The standard InChI is InChI=1S/C12H22O/c1-5-6-11-9-10(7-8-13-11)12(2,3)4/h5-6,10-11H,7-9H2,1-4H3/b6-5+/t10-,11+/m0/s1. The molecule has 1 heteroatoms. The van der Waals surface area contributed by atoms with Gasteiger partial charge in [0.05, 0.1) is 6.10 Å². The zero-order valence-corrected chi connectivity index (χ0v) is 9.34. The lowest BCUT2D eigenvalue weighted by atomic mass is 9.75. The van der Waals surface area contributed by atoms with Crippen molar-refractivity contribution in [3.63, 3.8) is 0 Å². The van der Waals surface area contributed by atoms with Gasteiger partial charge < -0.3 is 4.74 Å². The first kappa shape index (κ1) is 10.8. The zero-order valence-electron chi connectivity index (χ0n) is 9.34. The van der Waals surface area contributed by atoms with E-state index in [1.165, 1.54) is 12.8 Å². The average Bonchev–Trinajstić information content (AvgIpc) is 2.04. The first-order chi connectivity index (χ1) is 6.04. The molecular formula is C12H22O. The second-order valence-electron chi connectivity index (χ2n) is 5.02. The highest BCUT2D eigenvalue weighted by Crippen LogP contribution is 2.35. The molecule has 0 radical (unpaired) electrons. The van der Waals surface area contributed by atoms with Crippen molar-refractivity contribution in [1.82, 2.24) is 0 Å². The van der Waals surface area contributed by atoms with Gasteiger partial charge in [0, 0.05) is 6.61 Å². The van der Waals surface area contributed by atoms with Crippen molar-refractivity contribution in [3.8, 4) is 0 Å². The summed E-state index contributed by atoms with van der Waals surface area (Å²) in [5.41, 5.74) is 0.434. The monoisotopic (exact) mass is 182 g/mol. The van der Waals surface area contributed by atoms with Crippen LogP contribution >= 0.6 is 0 Å². The number of allylic oxidation sites excluding steroid dienone is 1. The predicted octanol–water partition coefficient (Wildman–Crippen LogP) is 3.40. The Hall–Kier alpha value is -0.300. The lowest BCUT2D eigenvalue weighted by Crippen LogP contribution is -2.32. The van der Waals surface area contributed by atoms with Crippen LogP contribution in [0, 0.1) is 11.3 Å². The minimum Gasteiger partial charge on any atom is -0.374 e. The second kappa shape index (κ2) is 4.28. The van der Waals surface area contributed by atoms with Gasteiger partial charge in [0.1, 0.15) is 0 Å². The largest absolute Gasteiger partial charge is 0.374 e. The quantitative estimate of drug-likeness (QED) is 0.565. The van der Waals surface area contributed by atoms with E-state index in [1.54, 1.807) is 0 Å². The van der Waals surface area contributed by atoms with Gasteiger partial charge in [-0.25, -0.2) is 0 Å². The van der Waals surface area contributed by atoms with E-state index in [4.69, 9.17) is 4.74 Å². The third-order valence-electron chi connectivity index (χ3n) is 2.95. The number of ether oxygens (including phenoxy) is 1. The van der Waals surface area contributed by atoms with Crippen molar-refractivity contribution in [3.05, 3.63) is 12.2 Å². The van der Waals surface area contributed by atoms with E-state index in [-0.39, 0.29) is 0 Å². The summed E-state index contributed by atoms with van der Waals surface area (Å²) in [4.78, 5) is 0. The van der Waals surface area contributed by atoms with Gasteiger partial charge in [-0.2, -0.15) is 0 Å². The van der Waals surface area contributed by atoms with E-state index in [9.17, 15) is 0 Å². The number of hydrogen-bond acceptors (Lipinski definition) is 1. The minimum atomic E-state index is 0.364. The third kappa shape index (κ3) is 3.15. The maximum absolute atomic E-state index is 5.66. The molecule has 1 rings (SSSR count). The van der Waals surface area contributed by atoms with Crippen LogP contribution in [0.1, 0.15) is 40.5 Å². The van der Waals surface area contributed by atoms with Crippen LogP contribution in [0.2, 0.25) is 0 Å². The number of rotatable bonds is 1. The fourth-order valence-electron chi connectivity index (χ4n) is 1.96. The van der Waals surface area contributed by atoms with E-state index in [0.717, 1.165) is 12.5 Å². The molecule has 0 aliphatic carbocycles. The van der Waals surface area contributed by atoms with Gasteiger partial charge in [-0.3, -0.25) is 0 Å². The summed E-state index contributed by atoms with van der Waals surface area (Å²) in [6, 6.07) is 0. The Labute approximate surface area is 82.2 Å². The summed E-state index contributed by atoms with van der Waals surface area (Å²) in [5, 5.41) is 0. The van der Waals surface area contributed by atoms with Crippen LogP contribution in [0.3, 0.4) is 0 Å². The van der Waals surface area contributed by atoms with Gasteiger partial charge in [0.15, 0.2) is 0 Å². The first-order valence-electron chi connectivity index (χ1n) is 5.28. The zero-order chi connectivity index (χ0) is 9.90. The molecule has 1 saturated heterocycles. The molecule has 1 heterocycles. The molecule has 1 aliphatic heterocycles. The molecule has 0 aromatic rings. The van der Waals surface area contributed by atoms with Crippen molar-refractivity contribution in [2.24, 2.45) is 11.3 Å². The van der Waals surface area contributed by atoms with Gasteiger partial charge in [-0.1, -0.05) is 32.9 Å². The maximum Gasteiger partial charge on any atom is 0.0758 e. The lowest BCUT2D eigenvalue weighted by molar-refractivity contribution is -0.0106.